The number of anilines is 2. The van der Waals surface area contributed by atoms with Crippen molar-refractivity contribution in [2.45, 2.75) is 19.8 Å². The van der Waals surface area contributed by atoms with E-state index in [-0.39, 0.29) is 5.92 Å². The van der Waals surface area contributed by atoms with E-state index in [1.807, 2.05) is 0 Å². The number of rotatable bonds is 2. The maximum absolute atomic E-state index is 5.92. The topological polar surface area (TPSA) is 61.3 Å². The lowest BCUT2D eigenvalue weighted by Gasteiger charge is -2.16. The Kier molecular flexibility index (Phi) is 3.52. The zero-order valence-electron chi connectivity index (χ0n) is 9.20. The number of hydrogen-bond acceptors (Lipinski definition) is 4. The second-order valence-electron chi connectivity index (χ2n) is 3.72. The van der Waals surface area contributed by atoms with Crippen LogP contribution in [-0.2, 0) is 4.74 Å². The molecule has 0 aliphatic heterocycles. The lowest BCUT2D eigenvalue weighted by atomic mass is 9.95. The predicted octanol–water partition coefficient (Wildman–Crippen LogP) is 2.30. The Balaban J connectivity index is 3.40. The van der Waals surface area contributed by atoms with Crippen LogP contribution in [0.25, 0.3) is 0 Å². The molecule has 0 aromatic heterocycles. The summed E-state index contributed by atoms with van der Waals surface area (Å²) in [7, 11) is 1.55. The molecule has 82 valence electrons. The van der Waals surface area contributed by atoms with Crippen LogP contribution in [0, 0.1) is 0 Å². The lowest BCUT2D eigenvalue weighted by Crippen LogP contribution is -2.09. The lowest BCUT2D eigenvalue weighted by molar-refractivity contribution is 0.415. The van der Waals surface area contributed by atoms with Gasteiger partial charge in [-0.05, 0) is 35.8 Å². The van der Waals surface area contributed by atoms with Crippen molar-refractivity contribution in [2.75, 3.05) is 18.6 Å². The van der Waals surface area contributed by atoms with Crippen LogP contribution in [0.15, 0.2) is 12.1 Å². The maximum Gasteiger partial charge on any atom is 0.191 e. The summed E-state index contributed by atoms with van der Waals surface area (Å²) in [5.74, 6) is 0.286. The van der Waals surface area contributed by atoms with Crippen molar-refractivity contribution in [3.63, 3.8) is 0 Å². The fraction of sp³-hybridized carbons (Fsp3) is 0.364. The van der Waals surface area contributed by atoms with E-state index in [1.165, 1.54) is 0 Å². The summed E-state index contributed by atoms with van der Waals surface area (Å²) in [5, 5.41) is 0.428. The Hall–Kier alpha value is -1.29. The van der Waals surface area contributed by atoms with Crippen molar-refractivity contribution >= 4 is 28.6 Å². The molecule has 0 saturated heterocycles. The van der Waals surface area contributed by atoms with Crippen LogP contribution in [0.2, 0.25) is 0 Å². The highest BCUT2D eigenvalue weighted by molar-refractivity contribution is 7.80. The summed E-state index contributed by atoms with van der Waals surface area (Å²) in [5.41, 5.74) is 14.7. The van der Waals surface area contributed by atoms with Gasteiger partial charge < -0.3 is 16.2 Å². The summed E-state index contributed by atoms with van der Waals surface area (Å²) < 4.78 is 5.06. The van der Waals surface area contributed by atoms with Crippen molar-refractivity contribution in [2.24, 2.45) is 0 Å². The SMILES string of the molecule is COC(=S)c1cc(N)cc(N)c1C(C)C. The molecule has 0 saturated carbocycles. The standard InChI is InChI=1S/C11H16N2OS/c1-6(2)10-8(11(15)14-3)4-7(12)5-9(10)13/h4-6H,12-13H2,1-3H3. The Morgan fingerprint density at radius 1 is 1.33 bits per heavy atom. The van der Waals surface area contributed by atoms with E-state index in [0.29, 0.717) is 16.4 Å². The van der Waals surface area contributed by atoms with Gasteiger partial charge in [0, 0.05) is 16.9 Å². The summed E-state index contributed by atoms with van der Waals surface area (Å²) in [6.45, 7) is 4.12. The van der Waals surface area contributed by atoms with E-state index in [4.69, 9.17) is 28.4 Å². The molecule has 1 aromatic rings. The van der Waals surface area contributed by atoms with Crippen molar-refractivity contribution in [1.82, 2.24) is 0 Å². The fourth-order valence-corrected chi connectivity index (χ4v) is 1.79. The van der Waals surface area contributed by atoms with E-state index < -0.39 is 0 Å². The molecule has 0 heterocycles. The predicted molar refractivity (Wildman–Crippen MR) is 68.1 cm³/mol. The minimum absolute atomic E-state index is 0.286. The summed E-state index contributed by atoms with van der Waals surface area (Å²) >= 11 is 5.11. The van der Waals surface area contributed by atoms with Gasteiger partial charge in [0.05, 0.1) is 7.11 Å². The van der Waals surface area contributed by atoms with Crippen molar-refractivity contribution in [3.8, 4) is 0 Å². The van der Waals surface area contributed by atoms with Gasteiger partial charge in [0.2, 0.25) is 0 Å². The number of thiocarbonyl (C=S) groups is 1. The van der Waals surface area contributed by atoms with Gasteiger partial charge in [-0.25, -0.2) is 0 Å². The van der Waals surface area contributed by atoms with Crippen molar-refractivity contribution < 1.29 is 4.74 Å². The highest BCUT2D eigenvalue weighted by Gasteiger charge is 2.15. The highest BCUT2D eigenvalue weighted by atomic mass is 32.1. The van der Waals surface area contributed by atoms with Gasteiger partial charge in [0.1, 0.15) is 0 Å². The molecule has 0 atom stereocenters. The first-order chi connectivity index (χ1) is 6.97. The Morgan fingerprint density at radius 3 is 2.40 bits per heavy atom. The zero-order valence-corrected chi connectivity index (χ0v) is 10.0. The number of ether oxygens (including phenoxy) is 1. The highest BCUT2D eigenvalue weighted by Crippen LogP contribution is 2.29. The molecule has 0 radical (unpaired) electrons. The van der Waals surface area contributed by atoms with Gasteiger partial charge in [-0.1, -0.05) is 13.8 Å². The molecule has 0 amide bonds. The van der Waals surface area contributed by atoms with Crippen LogP contribution in [0.3, 0.4) is 0 Å². The van der Waals surface area contributed by atoms with Crippen LogP contribution < -0.4 is 11.5 Å². The summed E-state index contributed by atoms with van der Waals surface area (Å²) in [6, 6.07) is 3.55. The van der Waals surface area contributed by atoms with Gasteiger partial charge in [0.25, 0.3) is 0 Å². The van der Waals surface area contributed by atoms with E-state index in [9.17, 15) is 0 Å². The molecule has 1 aromatic carbocycles. The number of nitrogens with two attached hydrogens (primary N) is 2. The molecule has 4 N–H and O–H groups in total. The van der Waals surface area contributed by atoms with Gasteiger partial charge in [-0.3, -0.25) is 0 Å². The third kappa shape index (κ3) is 2.39. The fourth-order valence-electron chi connectivity index (χ4n) is 1.62. The van der Waals surface area contributed by atoms with E-state index in [0.717, 1.165) is 11.1 Å². The number of methoxy groups -OCH3 is 1. The minimum atomic E-state index is 0.286. The largest absolute Gasteiger partial charge is 0.486 e. The smallest absolute Gasteiger partial charge is 0.191 e. The average molecular weight is 224 g/mol. The Bertz CT molecular complexity index is 388. The number of nitrogen functional groups attached to an aromatic ring is 2. The molecule has 0 fully saturated rings. The van der Waals surface area contributed by atoms with E-state index >= 15 is 0 Å². The molecule has 0 aliphatic carbocycles. The van der Waals surface area contributed by atoms with Crippen LogP contribution in [-0.4, -0.2) is 12.2 Å². The first kappa shape index (κ1) is 11.8. The van der Waals surface area contributed by atoms with E-state index in [2.05, 4.69) is 13.8 Å². The second-order valence-corrected chi connectivity index (χ2v) is 4.09. The molecule has 0 bridgehead atoms. The summed E-state index contributed by atoms with van der Waals surface area (Å²) in [6.07, 6.45) is 0. The third-order valence-electron chi connectivity index (χ3n) is 2.22. The molecular weight excluding hydrogens is 208 g/mol. The van der Waals surface area contributed by atoms with Crippen LogP contribution in [0.4, 0.5) is 11.4 Å². The van der Waals surface area contributed by atoms with E-state index in [1.54, 1.807) is 19.2 Å². The minimum Gasteiger partial charge on any atom is -0.486 e. The molecule has 0 aliphatic rings. The van der Waals surface area contributed by atoms with Gasteiger partial charge in [-0.2, -0.15) is 0 Å². The Morgan fingerprint density at radius 2 is 1.93 bits per heavy atom. The second kappa shape index (κ2) is 4.49. The van der Waals surface area contributed by atoms with Crippen molar-refractivity contribution in [1.29, 1.82) is 0 Å². The van der Waals surface area contributed by atoms with Gasteiger partial charge in [0.15, 0.2) is 5.05 Å². The molecule has 15 heavy (non-hydrogen) atoms. The molecular formula is C11H16N2OS. The number of hydrogen-bond donors (Lipinski definition) is 2. The van der Waals surface area contributed by atoms with Crippen LogP contribution >= 0.6 is 12.2 Å². The summed E-state index contributed by atoms with van der Waals surface area (Å²) in [4.78, 5) is 0. The zero-order chi connectivity index (χ0) is 11.6. The monoisotopic (exact) mass is 224 g/mol. The van der Waals surface area contributed by atoms with Crippen LogP contribution in [0.5, 0.6) is 0 Å². The third-order valence-corrected chi connectivity index (χ3v) is 2.60. The first-order valence-corrected chi connectivity index (χ1v) is 5.15. The normalized spacial score (nSPS) is 10.4. The molecule has 0 spiro atoms. The Labute approximate surface area is 95.4 Å². The average Bonchev–Trinajstić information content (AvgIpc) is 2.14. The molecule has 3 nitrogen and oxygen atoms in total. The quantitative estimate of drug-likeness (QED) is 0.597. The number of benzene rings is 1. The first-order valence-electron chi connectivity index (χ1n) is 4.74. The maximum atomic E-state index is 5.92. The molecule has 1 rings (SSSR count). The van der Waals surface area contributed by atoms with Gasteiger partial charge >= 0.3 is 0 Å². The van der Waals surface area contributed by atoms with Crippen LogP contribution in [0.1, 0.15) is 30.9 Å². The molecule has 0 unspecified atom stereocenters. The van der Waals surface area contributed by atoms with Crippen molar-refractivity contribution in [3.05, 3.63) is 23.3 Å². The molecule has 4 heteroatoms. The van der Waals surface area contributed by atoms with Gasteiger partial charge in [-0.15, -0.1) is 0 Å².